The molecule has 0 bridgehead atoms. The first-order chi connectivity index (χ1) is 10.9. The van der Waals surface area contributed by atoms with E-state index in [9.17, 15) is 13.2 Å². The van der Waals surface area contributed by atoms with Gasteiger partial charge in [-0.05, 0) is 42.2 Å². The van der Waals surface area contributed by atoms with E-state index in [2.05, 4.69) is 5.32 Å². The Balaban J connectivity index is 2.12. The van der Waals surface area contributed by atoms with Crippen LogP contribution in [0.15, 0.2) is 64.4 Å². The number of sulfone groups is 1. The zero-order chi connectivity index (χ0) is 16.9. The zero-order valence-corrected chi connectivity index (χ0v) is 14.4. The summed E-state index contributed by atoms with van der Waals surface area (Å²) >= 11 is 1.65. The summed E-state index contributed by atoms with van der Waals surface area (Å²) in [5.74, 6) is -0.380. The fourth-order valence-electron chi connectivity index (χ4n) is 1.95. The highest BCUT2D eigenvalue weighted by molar-refractivity contribution is 7.98. The number of amides is 1. The van der Waals surface area contributed by atoms with E-state index in [4.69, 9.17) is 0 Å². The Morgan fingerprint density at radius 1 is 1.09 bits per heavy atom. The fraction of sp³-hybridized carbons (Fsp3) is 0.118. The molecule has 0 heterocycles. The van der Waals surface area contributed by atoms with E-state index in [0.717, 1.165) is 16.7 Å². The molecule has 1 N–H and O–H groups in total. The van der Waals surface area contributed by atoms with Crippen molar-refractivity contribution < 1.29 is 13.2 Å². The molecule has 0 aliphatic carbocycles. The molecule has 0 unspecified atom stereocenters. The molecule has 0 atom stereocenters. The number of carbonyl (C=O) groups excluding carboxylic acids is 1. The second kappa shape index (κ2) is 7.48. The third kappa shape index (κ3) is 4.97. The molecule has 0 aromatic heterocycles. The maximum atomic E-state index is 12.0. The first-order valence-corrected chi connectivity index (χ1v) is 9.94. The van der Waals surface area contributed by atoms with Crippen molar-refractivity contribution in [2.24, 2.45) is 0 Å². The summed E-state index contributed by atoms with van der Waals surface area (Å²) in [5.41, 5.74) is 1.18. The average molecular weight is 347 g/mol. The van der Waals surface area contributed by atoms with Crippen molar-refractivity contribution in [2.45, 2.75) is 9.79 Å². The molecule has 2 aromatic carbocycles. The van der Waals surface area contributed by atoms with Crippen LogP contribution in [0.5, 0.6) is 0 Å². The van der Waals surface area contributed by atoms with Gasteiger partial charge in [0.1, 0.15) is 0 Å². The molecule has 1 amide bonds. The summed E-state index contributed by atoms with van der Waals surface area (Å²) < 4.78 is 23.4. The normalized spacial score (nSPS) is 11.6. The Hall–Kier alpha value is -2.05. The molecular weight excluding hydrogens is 330 g/mol. The van der Waals surface area contributed by atoms with E-state index in [1.807, 2.05) is 30.5 Å². The number of anilines is 1. The average Bonchev–Trinajstić information content (AvgIpc) is 2.53. The van der Waals surface area contributed by atoms with Crippen molar-refractivity contribution in [3.05, 3.63) is 60.2 Å². The Morgan fingerprint density at radius 2 is 1.74 bits per heavy atom. The predicted octanol–water partition coefficient (Wildman–Crippen LogP) is 3.46. The van der Waals surface area contributed by atoms with Gasteiger partial charge in [-0.2, -0.15) is 0 Å². The largest absolute Gasteiger partial charge is 0.321 e. The number of nitrogens with one attached hydrogen (secondary N) is 1. The van der Waals surface area contributed by atoms with Crippen molar-refractivity contribution in [1.29, 1.82) is 0 Å². The highest BCUT2D eigenvalue weighted by atomic mass is 32.2. The molecule has 0 radical (unpaired) electrons. The van der Waals surface area contributed by atoms with Crippen LogP contribution in [-0.2, 0) is 14.6 Å². The van der Waals surface area contributed by atoms with Crippen molar-refractivity contribution in [3.8, 4) is 0 Å². The molecule has 0 saturated carbocycles. The monoisotopic (exact) mass is 347 g/mol. The third-order valence-corrected chi connectivity index (χ3v) is 4.99. The second-order valence-electron chi connectivity index (χ2n) is 4.86. The van der Waals surface area contributed by atoms with Crippen LogP contribution in [0.3, 0.4) is 0 Å². The van der Waals surface area contributed by atoms with E-state index >= 15 is 0 Å². The van der Waals surface area contributed by atoms with Gasteiger partial charge < -0.3 is 5.32 Å². The van der Waals surface area contributed by atoms with E-state index in [-0.39, 0.29) is 16.5 Å². The van der Waals surface area contributed by atoms with Gasteiger partial charge >= 0.3 is 0 Å². The lowest BCUT2D eigenvalue weighted by molar-refractivity contribution is -0.111. The summed E-state index contributed by atoms with van der Waals surface area (Å²) in [6, 6.07) is 14.1. The highest BCUT2D eigenvalue weighted by Gasteiger charge is 2.13. The van der Waals surface area contributed by atoms with Crippen LogP contribution in [0, 0.1) is 0 Å². The highest BCUT2D eigenvalue weighted by Crippen LogP contribution is 2.20. The van der Waals surface area contributed by atoms with Crippen LogP contribution in [0.25, 0.3) is 6.08 Å². The number of benzene rings is 2. The van der Waals surface area contributed by atoms with Gasteiger partial charge in [0.05, 0.1) is 10.6 Å². The van der Waals surface area contributed by atoms with E-state index < -0.39 is 9.84 Å². The summed E-state index contributed by atoms with van der Waals surface area (Å²) in [7, 11) is -3.40. The maximum Gasteiger partial charge on any atom is 0.248 e. The smallest absolute Gasteiger partial charge is 0.248 e. The lowest BCUT2D eigenvalue weighted by Crippen LogP contribution is -2.11. The number of para-hydroxylation sites is 1. The summed E-state index contributed by atoms with van der Waals surface area (Å²) in [4.78, 5) is 13.2. The van der Waals surface area contributed by atoms with Gasteiger partial charge in [-0.25, -0.2) is 8.42 Å². The quantitative estimate of drug-likeness (QED) is 0.664. The lowest BCUT2D eigenvalue weighted by Gasteiger charge is -2.07. The van der Waals surface area contributed by atoms with E-state index in [0.29, 0.717) is 0 Å². The van der Waals surface area contributed by atoms with Gasteiger partial charge in [0.2, 0.25) is 5.91 Å². The van der Waals surface area contributed by atoms with Crippen LogP contribution >= 0.6 is 11.8 Å². The standard InChI is InChI=1S/C17H17NO3S2/c1-22-14-10-7-13(8-11-14)9-12-17(19)18-15-5-3-4-6-16(15)23(2,20)21/h3-12H,1-2H3,(H,18,19)/b12-9+. The lowest BCUT2D eigenvalue weighted by atomic mass is 10.2. The summed E-state index contributed by atoms with van der Waals surface area (Å²) in [6.45, 7) is 0. The van der Waals surface area contributed by atoms with Gasteiger partial charge in [-0.1, -0.05) is 24.3 Å². The van der Waals surface area contributed by atoms with Gasteiger partial charge in [-0.3, -0.25) is 4.79 Å². The third-order valence-electron chi connectivity index (χ3n) is 3.09. The van der Waals surface area contributed by atoms with Crippen LogP contribution in [-0.4, -0.2) is 26.8 Å². The molecule has 2 rings (SSSR count). The SMILES string of the molecule is CSc1ccc(/C=C/C(=O)Nc2ccccc2S(C)(=O)=O)cc1. The molecule has 0 saturated heterocycles. The Morgan fingerprint density at radius 3 is 2.35 bits per heavy atom. The molecule has 2 aromatic rings. The van der Waals surface area contributed by atoms with Gasteiger partial charge in [0.25, 0.3) is 0 Å². The van der Waals surface area contributed by atoms with E-state index in [1.165, 1.54) is 12.1 Å². The fourth-order valence-corrected chi connectivity index (χ4v) is 3.21. The molecular formula is C17H17NO3S2. The minimum Gasteiger partial charge on any atom is -0.321 e. The van der Waals surface area contributed by atoms with E-state index in [1.54, 1.807) is 36.0 Å². The molecule has 0 spiro atoms. The predicted molar refractivity (Wildman–Crippen MR) is 95.4 cm³/mol. The first-order valence-electron chi connectivity index (χ1n) is 6.82. The van der Waals surface area contributed by atoms with Crippen molar-refractivity contribution >= 4 is 39.3 Å². The Kier molecular flexibility index (Phi) is 5.63. The van der Waals surface area contributed by atoms with Crippen molar-refractivity contribution in [1.82, 2.24) is 0 Å². The van der Waals surface area contributed by atoms with Crippen LogP contribution in [0.2, 0.25) is 0 Å². The van der Waals surface area contributed by atoms with Gasteiger partial charge in [0.15, 0.2) is 9.84 Å². The topological polar surface area (TPSA) is 63.2 Å². The van der Waals surface area contributed by atoms with Crippen LogP contribution in [0.4, 0.5) is 5.69 Å². The minimum atomic E-state index is -3.40. The van der Waals surface area contributed by atoms with Gasteiger partial charge in [-0.15, -0.1) is 11.8 Å². The number of hydrogen-bond acceptors (Lipinski definition) is 4. The molecule has 0 aliphatic heterocycles. The molecule has 0 fully saturated rings. The number of rotatable bonds is 5. The van der Waals surface area contributed by atoms with Crippen LogP contribution < -0.4 is 5.32 Å². The Labute approximate surface area is 140 Å². The Bertz CT molecular complexity index is 825. The molecule has 0 aliphatic rings. The first kappa shape index (κ1) is 17.3. The summed E-state index contributed by atoms with van der Waals surface area (Å²) in [5, 5.41) is 2.60. The number of carbonyl (C=O) groups is 1. The van der Waals surface area contributed by atoms with Crippen LogP contribution in [0.1, 0.15) is 5.56 Å². The number of hydrogen-bond donors (Lipinski definition) is 1. The molecule has 23 heavy (non-hydrogen) atoms. The minimum absolute atomic E-state index is 0.103. The van der Waals surface area contributed by atoms with Gasteiger partial charge in [0, 0.05) is 17.2 Å². The second-order valence-corrected chi connectivity index (χ2v) is 7.73. The molecule has 4 nitrogen and oxygen atoms in total. The van der Waals surface area contributed by atoms with Crippen molar-refractivity contribution in [3.63, 3.8) is 0 Å². The zero-order valence-electron chi connectivity index (χ0n) is 12.8. The molecule has 120 valence electrons. The maximum absolute atomic E-state index is 12.0. The number of thioether (sulfide) groups is 1. The van der Waals surface area contributed by atoms with Crippen molar-refractivity contribution in [2.75, 3.05) is 17.8 Å². The summed E-state index contributed by atoms with van der Waals surface area (Å²) in [6.07, 6.45) is 6.17. The molecule has 6 heteroatoms.